The Kier molecular flexibility index (Phi) is 5.02. The van der Waals surface area contributed by atoms with E-state index in [0.717, 1.165) is 36.0 Å². The number of halogens is 1. The van der Waals surface area contributed by atoms with Crippen LogP contribution in [0.15, 0.2) is 12.3 Å². The highest BCUT2D eigenvalue weighted by molar-refractivity contribution is 6.33. The van der Waals surface area contributed by atoms with Crippen LogP contribution in [0.25, 0.3) is 0 Å². The van der Waals surface area contributed by atoms with Crippen LogP contribution in [-0.4, -0.2) is 50.2 Å². The average Bonchev–Trinajstić information content (AvgIpc) is 2.39. The second-order valence-electron chi connectivity index (χ2n) is 5.39. The fraction of sp³-hybridized carbons (Fsp3) is 0.643. The molecule has 1 aromatic rings. The van der Waals surface area contributed by atoms with Gasteiger partial charge in [-0.1, -0.05) is 11.6 Å². The van der Waals surface area contributed by atoms with Gasteiger partial charge < -0.3 is 15.1 Å². The van der Waals surface area contributed by atoms with Crippen molar-refractivity contribution in [1.82, 2.24) is 15.2 Å². The van der Waals surface area contributed by atoms with Crippen LogP contribution in [0.5, 0.6) is 0 Å². The summed E-state index contributed by atoms with van der Waals surface area (Å²) in [5.74, 6) is 0.924. The van der Waals surface area contributed by atoms with Crippen molar-refractivity contribution in [3.05, 3.63) is 22.8 Å². The van der Waals surface area contributed by atoms with E-state index in [1.165, 1.54) is 12.8 Å². The van der Waals surface area contributed by atoms with Gasteiger partial charge in [-0.25, -0.2) is 4.98 Å². The van der Waals surface area contributed by atoms with Crippen molar-refractivity contribution in [2.24, 2.45) is 0 Å². The summed E-state index contributed by atoms with van der Waals surface area (Å²) in [6.45, 7) is 2.85. The molecular weight excluding hydrogens is 260 g/mol. The van der Waals surface area contributed by atoms with Gasteiger partial charge in [0.05, 0.1) is 5.02 Å². The van der Waals surface area contributed by atoms with Crippen molar-refractivity contribution < 1.29 is 0 Å². The number of hydrogen-bond donors (Lipinski definition) is 1. The minimum absolute atomic E-state index is 0.587. The van der Waals surface area contributed by atoms with E-state index in [1.54, 1.807) is 0 Å². The Morgan fingerprint density at radius 3 is 2.95 bits per heavy atom. The monoisotopic (exact) mass is 282 g/mol. The number of piperidine rings is 1. The zero-order valence-electron chi connectivity index (χ0n) is 12.0. The molecule has 19 heavy (non-hydrogen) atoms. The van der Waals surface area contributed by atoms with Crippen LogP contribution in [0.2, 0.25) is 5.02 Å². The van der Waals surface area contributed by atoms with Crippen LogP contribution in [0, 0.1) is 0 Å². The molecule has 2 rings (SSSR count). The van der Waals surface area contributed by atoms with Crippen molar-refractivity contribution in [3.8, 4) is 0 Å². The van der Waals surface area contributed by atoms with E-state index in [-0.39, 0.29) is 0 Å². The molecule has 1 fully saturated rings. The Morgan fingerprint density at radius 2 is 2.32 bits per heavy atom. The van der Waals surface area contributed by atoms with Gasteiger partial charge >= 0.3 is 0 Å². The van der Waals surface area contributed by atoms with Crippen LogP contribution in [-0.2, 0) is 6.54 Å². The first kappa shape index (κ1) is 14.6. The van der Waals surface area contributed by atoms with Gasteiger partial charge in [0, 0.05) is 31.9 Å². The molecule has 1 unspecified atom stereocenters. The van der Waals surface area contributed by atoms with E-state index in [0.29, 0.717) is 6.04 Å². The van der Waals surface area contributed by atoms with Gasteiger partial charge in [0.15, 0.2) is 0 Å². The number of pyridine rings is 1. The summed E-state index contributed by atoms with van der Waals surface area (Å²) >= 11 is 6.38. The van der Waals surface area contributed by atoms with E-state index in [4.69, 9.17) is 11.6 Å². The topological polar surface area (TPSA) is 31.4 Å². The van der Waals surface area contributed by atoms with E-state index in [1.807, 2.05) is 19.3 Å². The molecule has 0 radical (unpaired) electrons. The third kappa shape index (κ3) is 3.59. The average molecular weight is 283 g/mol. The zero-order valence-corrected chi connectivity index (χ0v) is 12.7. The van der Waals surface area contributed by atoms with Gasteiger partial charge in [-0.3, -0.25) is 0 Å². The first-order chi connectivity index (χ1) is 9.11. The standard InChI is InChI=1S/C14H23ClN4/c1-16-8-11-7-13(15)14(17-9-11)19-6-4-5-12(10-19)18(2)3/h7,9,12,16H,4-6,8,10H2,1-3H3. The van der Waals surface area contributed by atoms with Crippen molar-refractivity contribution in [3.63, 3.8) is 0 Å². The molecule has 0 amide bonds. The summed E-state index contributed by atoms with van der Waals surface area (Å²) in [5.41, 5.74) is 1.12. The quantitative estimate of drug-likeness (QED) is 0.915. The minimum atomic E-state index is 0.587. The molecular formula is C14H23ClN4. The first-order valence-corrected chi connectivity index (χ1v) is 7.20. The maximum absolute atomic E-state index is 6.38. The minimum Gasteiger partial charge on any atom is -0.354 e. The highest BCUT2D eigenvalue weighted by Gasteiger charge is 2.23. The molecule has 0 aliphatic carbocycles. The molecule has 0 bridgehead atoms. The number of rotatable bonds is 4. The molecule has 4 nitrogen and oxygen atoms in total. The van der Waals surface area contributed by atoms with E-state index >= 15 is 0 Å². The van der Waals surface area contributed by atoms with Crippen LogP contribution in [0.3, 0.4) is 0 Å². The third-order valence-corrected chi connectivity index (χ3v) is 3.96. The number of nitrogens with one attached hydrogen (secondary N) is 1. The lowest BCUT2D eigenvalue weighted by atomic mass is 10.0. The molecule has 5 heteroatoms. The Balaban J connectivity index is 2.12. The number of aromatic nitrogens is 1. The fourth-order valence-electron chi connectivity index (χ4n) is 2.57. The van der Waals surface area contributed by atoms with Gasteiger partial charge in [0.2, 0.25) is 0 Å². The molecule has 1 aromatic heterocycles. The lowest BCUT2D eigenvalue weighted by Gasteiger charge is -2.37. The number of nitrogens with zero attached hydrogens (tertiary/aromatic N) is 3. The molecule has 1 N–H and O–H groups in total. The SMILES string of the molecule is CNCc1cnc(N2CCCC(N(C)C)C2)c(Cl)c1. The molecule has 106 valence electrons. The highest BCUT2D eigenvalue weighted by Crippen LogP contribution is 2.27. The predicted molar refractivity (Wildman–Crippen MR) is 80.9 cm³/mol. The van der Waals surface area contributed by atoms with Gasteiger partial charge in [-0.15, -0.1) is 0 Å². The van der Waals surface area contributed by atoms with E-state index < -0.39 is 0 Å². The second kappa shape index (κ2) is 6.55. The smallest absolute Gasteiger partial charge is 0.147 e. The summed E-state index contributed by atoms with van der Waals surface area (Å²) in [6.07, 6.45) is 4.36. The molecule has 1 saturated heterocycles. The maximum atomic E-state index is 6.38. The summed E-state index contributed by atoms with van der Waals surface area (Å²) < 4.78 is 0. The van der Waals surface area contributed by atoms with Gasteiger partial charge in [0.25, 0.3) is 0 Å². The Hall–Kier alpha value is -0.840. The lowest BCUT2D eigenvalue weighted by Crippen LogP contribution is -2.45. The Labute approximate surface area is 120 Å². The molecule has 0 saturated carbocycles. The number of anilines is 1. The van der Waals surface area contributed by atoms with Crippen LogP contribution < -0.4 is 10.2 Å². The molecule has 2 heterocycles. The van der Waals surface area contributed by atoms with Crippen LogP contribution >= 0.6 is 11.6 Å². The van der Waals surface area contributed by atoms with Gasteiger partial charge in [-0.05, 0) is 45.6 Å². The van der Waals surface area contributed by atoms with Gasteiger partial charge in [0.1, 0.15) is 5.82 Å². The molecule has 1 aliphatic heterocycles. The van der Waals surface area contributed by atoms with E-state index in [9.17, 15) is 0 Å². The number of likely N-dealkylation sites (N-methyl/N-ethyl adjacent to an activating group) is 1. The van der Waals surface area contributed by atoms with Crippen molar-refractivity contribution in [2.75, 3.05) is 39.1 Å². The van der Waals surface area contributed by atoms with Crippen LogP contribution in [0.1, 0.15) is 18.4 Å². The van der Waals surface area contributed by atoms with Gasteiger partial charge in [-0.2, -0.15) is 0 Å². The lowest BCUT2D eigenvalue weighted by molar-refractivity contribution is 0.257. The summed E-state index contributed by atoms with van der Waals surface area (Å²) in [5, 5.41) is 3.87. The Morgan fingerprint density at radius 1 is 1.53 bits per heavy atom. The molecule has 0 spiro atoms. The zero-order chi connectivity index (χ0) is 13.8. The van der Waals surface area contributed by atoms with E-state index in [2.05, 4.69) is 34.2 Å². The Bertz CT molecular complexity index is 422. The third-order valence-electron chi connectivity index (χ3n) is 3.69. The molecule has 0 aromatic carbocycles. The maximum Gasteiger partial charge on any atom is 0.147 e. The van der Waals surface area contributed by atoms with Crippen molar-refractivity contribution >= 4 is 17.4 Å². The second-order valence-corrected chi connectivity index (χ2v) is 5.79. The highest BCUT2D eigenvalue weighted by atomic mass is 35.5. The van der Waals surface area contributed by atoms with Crippen molar-refractivity contribution in [1.29, 1.82) is 0 Å². The largest absolute Gasteiger partial charge is 0.354 e. The van der Waals surface area contributed by atoms with Crippen molar-refractivity contribution in [2.45, 2.75) is 25.4 Å². The first-order valence-electron chi connectivity index (χ1n) is 6.82. The molecule has 1 atom stereocenters. The summed E-state index contributed by atoms with van der Waals surface area (Å²) in [6, 6.07) is 2.60. The summed E-state index contributed by atoms with van der Waals surface area (Å²) in [7, 11) is 6.20. The van der Waals surface area contributed by atoms with Crippen LogP contribution in [0.4, 0.5) is 5.82 Å². The number of hydrogen-bond acceptors (Lipinski definition) is 4. The normalized spacial score (nSPS) is 20.1. The predicted octanol–water partition coefficient (Wildman–Crippen LogP) is 1.98. The molecule has 1 aliphatic rings. The fourth-order valence-corrected chi connectivity index (χ4v) is 2.88. The summed E-state index contributed by atoms with van der Waals surface area (Å²) in [4.78, 5) is 9.14.